The molecular weight excluding hydrogens is 352 g/mol. The topological polar surface area (TPSA) is 86.1 Å². The first kappa shape index (κ1) is 16.4. The maximum Gasteiger partial charge on any atom is 0.330 e. The van der Waals surface area contributed by atoms with Crippen LogP contribution in [0.5, 0.6) is 0 Å². The number of methoxy groups -OCH3 is 1. The van der Waals surface area contributed by atoms with Crippen LogP contribution in [0.4, 0.5) is 0 Å². The molecule has 7 nitrogen and oxygen atoms in total. The van der Waals surface area contributed by atoms with Gasteiger partial charge in [0.25, 0.3) is 5.91 Å². The molecule has 1 unspecified atom stereocenters. The first-order chi connectivity index (χ1) is 11.6. The zero-order valence-electron chi connectivity index (χ0n) is 12.6. The van der Waals surface area contributed by atoms with Crippen LogP contribution in [0.3, 0.4) is 0 Å². The number of fused-ring (bicyclic) bond motifs is 1. The number of esters is 1. The van der Waals surface area contributed by atoms with E-state index in [0.29, 0.717) is 10.5 Å². The van der Waals surface area contributed by atoms with Gasteiger partial charge in [0.15, 0.2) is 5.01 Å². The van der Waals surface area contributed by atoms with E-state index in [9.17, 15) is 9.59 Å². The molecule has 1 amide bonds. The summed E-state index contributed by atoms with van der Waals surface area (Å²) < 4.78 is 7.23. The highest BCUT2D eigenvalue weighted by Gasteiger charge is 2.24. The summed E-state index contributed by atoms with van der Waals surface area (Å²) in [6.07, 6.45) is 4.84. The maximum absolute atomic E-state index is 12.4. The van der Waals surface area contributed by atoms with Crippen LogP contribution in [-0.4, -0.2) is 39.6 Å². The van der Waals surface area contributed by atoms with Gasteiger partial charge in [-0.05, 0) is 12.1 Å². The van der Waals surface area contributed by atoms with Gasteiger partial charge in [0, 0.05) is 12.4 Å². The third-order valence-electron chi connectivity index (χ3n) is 3.31. The predicted molar refractivity (Wildman–Crippen MR) is 90.1 cm³/mol. The summed E-state index contributed by atoms with van der Waals surface area (Å²) in [6.45, 7) is 0.212. The highest BCUT2D eigenvalue weighted by Crippen LogP contribution is 2.27. The zero-order chi connectivity index (χ0) is 17.1. The number of halogens is 1. The molecule has 0 spiro atoms. The molecule has 0 saturated heterocycles. The Morgan fingerprint density at radius 2 is 2.29 bits per heavy atom. The zero-order valence-corrected chi connectivity index (χ0v) is 14.2. The van der Waals surface area contributed by atoms with Gasteiger partial charge < -0.3 is 14.6 Å². The molecule has 1 atom stereocenters. The summed E-state index contributed by atoms with van der Waals surface area (Å²) in [5.74, 6) is -1.00. The minimum Gasteiger partial charge on any atom is -0.467 e. The SMILES string of the molecule is COC(=O)C(Cn1ccnc1)NC(=O)c1nc2c(Cl)cccc2s1. The molecule has 9 heteroatoms. The van der Waals surface area contributed by atoms with E-state index in [0.717, 1.165) is 4.70 Å². The van der Waals surface area contributed by atoms with E-state index in [1.165, 1.54) is 18.4 Å². The van der Waals surface area contributed by atoms with Gasteiger partial charge in [-0.2, -0.15) is 0 Å². The maximum atomic E-state index is 12.4. The Labute approximate surface area is 146 Å². The summed E-state index contributed by atoms with van der Waals surface area (Å²) in [4.78, 5) is 32.5. The Hall–Kier alpha value is -2.45. The van der Waals surface area contributed by atoms with Crippen LogP contribution >= 0.6 is 22.9 Å². The van der Waals surface area contributed by atoms with E-state index < -0.39 is 17.9 Å². The van der Waals surface area contributed by atoms with Gasteiger partial charge in [-0.1, -0.05) is 17.7 Å². The number of carbonyl (C=O) groups excluding carboxylic acids is 2. The Balaban J connectivity index is 1.81. The van der Waals surface area contributed by atoms with E-state index in [1.807, 2.05) is 6.07 Å². The van der Waals surface area contributed by atoms with Crippen LogP contribution in [0.25, 0.3) is 10.2 Å². The fraction of sp³-hybridized carbons (Fsp3) is 0.200. The molecule has 1 aromatic carbocycles. The second-order valence-electron chi connectivity index (χ2n) is 4.91. The Morgan fingerprint density at radius 1 is 1.46 bits per heavy atom. The van der Waals surface area contributed by atoms with E-state index in [1.54, 1.807) is 35.4 Å². The van der Waals surface area contributed by atoms with E-state index in [4.69, 9.17) is 16.3 Å². The highest BCUT2D eigenvalue weighted by molar-refractivity contribution is 7.20. The molecule has 0 aliphatic carbocycles. The Kier molecular flexibility index (Phi) is 4.77. The second-order valence-corrected chi connectivity index (χ2v) is 6.35. The molecule has 1 N–H and O–H groups in total. The number of hydrogen-bond acceptors (Lipinski definition) is 6. The Morgan fingerprint density at radius 3 is 2.96 bits per heavy atom. The van der Waals surface area contributed by atoms with Gasteiger partial charge in [0.2, 0.25) is 0 Å². The van der Waals surface area contributed by atoms with Crippen molar-refractivity contribution in [3.05, 3.63) is 47.0 Å². The molecule has 0 radical (unpaired) electrons. The molecule has 124 valence electrons. The van der Waals surface area contributed by atoms with Gasteiger partial charge in [-0.3, -0.25) is 4.79 Å². The van der Waals surface area contributed by atoms with Crippen LogP contribution < -0.4 is 5.32 Å². The molecular formula is C15H13ClN4O3S. The molecule has 0 aliphatic heterocycles. The van der Waals surface area contributed by atoms with Crippen molar-refractivity contribution >= 4 is 45.0 Å². The number of para-hydroxylation sites is 1. The molecule has 3 aromatic rings. The van der Waals surface area contributed by atoms with Crippen LogP contribution in [0, 0.1) is 0 Å². The summed E-state index contributed by atoms with van der Waals surface area (Å²) in [5, 5.41) is 3.36. The average molecular weight is 365 g/mol. The molecule has 0 aliphatic rings. The largest absolute Gasteiger partial charge is 0.467 e. The summed E-state index contributed by atoms with van der Waals surface area (Å²) >= 11 is 7.29. The predicted octanol–water partition coefficient (Wildman–Crippen LogP) is 2.12. The van der Waals surface area contributed by atoms with Crippen molar-refractivity contribution in [1.82, 2.24) is 19.9 Å². The van der Waals surface area contributed by atoms with Crippen molar-refractivity contribution in [2.75, 3.05) is 7.11 Å². The lowest BCUT2D eigenvalue weighted by atomic mass is 10.3. The molecule has 2 aromatic heterocycles. The monoisotopic (exact) mass is 364 g/mol. The second kappa shape index (κ2) is 6.98. The lowest BCUT2D eigenvalue weighted by Crippen LogP contribution is -2.44. The highest BCUT2D eigenvalue weighted by atomic mass is 35.5. The number of ether oxygens (including phenoxy) is 1. The molecule has 0 fully saturated rings. The van der Waals surface area contributed by atoms with E-state index in [-0.39, 0.29) is 11.6 Å². The molecule has 0 saturated carbocycles. The first-order valence-electron chi connectivity index (χ1n) is 6.98. The number of imidazole rings is 1. The number of aromatic nitrogens is 3. The number of hydrogen-bond donors (Lipinski definition) is 1. The number of carbonyl (C=O) groups is 2. The lowest BCUT2D eigenvalue weighted by molar-refractivity contribution is -0.143. The molecule has 24 heavy (non-hydrogen) atoms. The fourth-order valence-electron chi connectivity index (χ4n) is 2.16. The normalized spacial score (nSPS) is 12.1. The van der Waals surface area contributed by atoms with Crippen molar-refractivity contribution in [2.24, 2.45) is 0 Å². The molecule has 0 bridgehead atoms. The minimum absolute atomic E-state index is 0.212. The van der Waals surface area contributed by atoms with Gasteiger partial charge in [-0.25, -0.2) is 14.8 Å². The van der Waals surface area contributed by atoms with Crippen molar-refractivity contribution < 1.29 is 14.3 Å². The standard InChI is InChI=1S/C15H13ClN4O3S/c1-23-15(22)10(7-20-6-5-17-8-20)18-13(21)14-19-12-9(16)3-2-4-11(12)24-14/h2-6,8,10H,7H2,1H3,(H,18,21). The van der Waals surface area contributed by atoms with Crippen molar-refractivity contribution in [1.29, 1.82) is 0 Å². The lowest BCUT2D eigenvalue weighted by Gasteiger charge is -2.16. The van der Waals surface area contributed by atoms with E-state index >= 15 is 0 Å². The summed E-state index contributed by atoms with van der Waals surface area (Å²) in [6, 6.07) is 4.49. The number of nitrogens with zero attached hydrogens (tertiary/aromatic N) is 3. The van der Waals surface area contributed by atoms with Gasteiger partial charge in [0.1, 0.15) is 11.6 Å². The third-order valence-corrected chi connectivity index (χ3v) is 4.63. The Bertz CT molecular complexity index is 878. The summed E-state index contributed by atoms with van der Waals surface area (Å²) in [5.41, 5.74) is 0.568. The molecule has 3 rings (SSSR count). The van der Waals surface area contributed by atoms with Crippen LogP contribution in [0.2, 0.25) is 5.02 Å². The van der Waals surface area contributed by atoms with Gasteiger partial charge >= 0.3 is 5.97 Å². The quantitative estimate of drug-likeness (QED) is 0.701. The number of benzene rings is 1. The number of thiazole rings is 1. The van der Waals surface area contributed by atoms with E-state index in [2.05, 4.69) is 15.3 Å². The number of amides is 1. The van der Waals surface area contributed by atoms with Crippen molar-refractivity contribution in [3.63, 3.8) is 0 Å². The summed E-state index contributed by atoms with van der Waals surface area (Å²) in [7, 11) is 1.27. The van der Waals surface area contributed by atoms with Gasteiger partial charge in [0.05, 0.1) is 29.7 Å². The van der Waals surface area contributed by atoms with Gasteiger partial charge in [-0.15, -0.1) is 11.3 Å². The number of rotatable bonds is 5. The first-order valence-corrected chi connectivity index (χ1v) is 8.17. The number of nitrogens with one attached hydrogen (secondary N) is 1. The van der Waals surface area contributed by atoms with Crippen LogP contribution in [0.1, 0.15) is 9.80 Å². The van der Waals surface area contributed by atoms with Crippen molar-refractivity contribution in [3.8, 4) is 0 Å². The molecule has 2 heterocycles. The van der Waals surface area contributed by atoms with Crippen molar-refractivity contribution in [2.45, 2.75) is 12.6 Å². The smallest absolute Gasteiger partial charge is 0.330 e. The fourth-order valence-corrected chi connectivity index (χ4v) is 3.33. The average Bonchev–Trinajstić information content (AvgIpc) is 3.23. The van der Waals surface area contributed by atoms with Crippen LogP contribution in [-0.2, 0) is 16.1 Å². The minimum atomic E-state index is -0.848. The third kappa shape index (κ3) is 3.39. The van der Waals surface area contributed by atoms with Crippen LogP contribution in [0.15, 0.2) is 36.9 Å².